The molecule has 1 saturated carbocycles. The zero-order valence-electron chi connectivity index (χ0n) is 17.5. The molecule has 1 saturated heterocycles. The second-order valence-electron chi connectivity index (χ2n) is 8.23. The van der Waals surface area contributed by atoms with Crippen LogP contribution in [0.5, 0.6) is 0 Å². The first-order valence-corrected chi connectivity index (χ1v) is 9.83. The summed E-state index contributed by atoms with van der Waals surface area (Å²) in [6.45, 7) is 4.07. The van der Waals surface area contributed by atoms with Crippen LogP contribution < -0.4 is 0 Å². The van der Waals surface area contributed by atoms with E-state index in [2.05, 4.69) is 0 Å². The molecule has 1 N–H and O–H groups in total. The average molecular weight is 411 g/mol. The molecule has 0 bridgehead atoms. The number of hydrogen-bond donors (Lipinski definition) is 1. The Morgan fingerprint density at radius 1 is 1.24 bits per heavy atom. The number of nitrogens with zero attached hydrogens (tertiary/aromatic N) is 1. The smallest absolute Gasteiger partial charge is 0.357 e. The molecule has 162 valence electrons. The number of rotatable bonds is 7. The number of fused-ring (bicyclic) bond motifs is 3. The van der Waals surface area contributed by atoms with Gasteiger partial charge in [0.15, 0.2) is 5.60 Å². The van der Waals surface area contributed by atoms with E-state index in [-0.39, 0.29) is 29.7 Å². The van der Waals surface area contributed by atoms with Crippen LogP contribution in [0.3, 0.4) is 0 Å². The van der Waals surface area contributed by atoms with Gasteiger partial charge in [-0.25, -0.2) is 9.59 Å². The third-order valence-electron chi connectivity index (χ3n) is 6.22. The van der Waals surface area contributed by atoms with E-state index in [1.54, 1.807) is 14.0 Å². The number of aliphatic hydroxyl groups excluding tert-OH is 1. The molecule has 0 spiro atoms. The van der Waals surface area contributed by atoms with Gasteiger partial charge in [-0.2, -0.15) is 0 Å². The van der Waals surface area contributed by atoms with E-state index < -0.39 is 36.4 Å². The van der Waals surface area contributed by atoms with Gasteiger partial charge in [0.1, 0.15) is 5.70 Å². The van der Waals surface area contributed by atoms with Gasteiger partial charge in [-0.05, 0) is 45.6 Å². The van der Waals surface area contributed by atoms with Crippen molar-refractivity contribution in [2.45, 2.75) is 63.9 Å². The Kier molecular flexibility index (Phi) is 6.03. The Morgan fingerprint density at radius 3 is 2.52 bits per heavy atom. The van der Waals surface area contributed by atoms with E-state index in [9.17, 15) is 19.5 Å². The minimum atomic E-state index is -1.17. The molecule has 2 heterocycles. The molecule has 9 heteroatoms. The van der Waals surface area contributed by atoms with Gasteiger partial charge in [-0.3, -0.25) is 4.79 Å². The summed E-state index contributed by atoms with van der Waals surface area (Å²) in [6.07, 6.45) is 1.36. The summed E-state index contributed by atoms with van der Waals surface area (Å²) in [5.41, 5.74) is -0.260. The highest BCUT2D eigenvalue weighted by Gasteiger charge is 2.62. The first-order valence-electron chi connectivity index (χ1n) is 9.83. The van der Waals surface area contributed by atoms with Gasteiger partial charge in [0, 0.05) is 20.1 Å². The Labute approximate surface area is 169 Å². The molecule has 1 aliphatic carbocycles. The normalized spacial score (nSPS) is 29.7. The molecular weight excluding hydrogens is 382 g/mol. The highest BCUT2D eigenvalue weighted by atomic mass is 16.7. The quantitative estimate of drug-likeness (QED) is 0.371. The van der Waals surface area contributed by atoms with Crippen LogP contribution in [0.25, 0.3) is 0 Å². The lowest BCUT2D eigenvalue weighted by Gasteiger charge is -2.47. The third kappa shape index (κ3) is 3.55. The lowest BCUT2D eigenvalue weighted by molar-refractivity contribution is -0.182. The molecule has 3 rings (SSSR count). The molecule has 0 aromatic rings. The number of esters is 2. The van der Waals surface area contributed by atoms with Gasteiger partial charge in [-0.15, -0.1) is 0 Å². The van der Waals surface area contributed by atoms with E-state index in [0.717, 1.165) is 24.8 Å². The summed E-state index contributed by atoms with van der Waals surface area (Å²) in [4.78, 5) is 38.9. The molecule has 3 aliphatic rings. The van der Waals surface area contributed by atoms with Crippen molar-refractivity contribution >= 4 is 17.8 Å². The minimum Gasteiger partial charge on any atom is -0.426 e. The zero-order chi connectivity index (χ0) is 21.5. The van der Waals surface area contributed by atoms with E-state index in [0.29, 0.717) is 0 Å². The van der Waals surface area contributed by atoms with Gasteiger partial charge < -0.3 is 29.0 Å². The average Bonchev–Trinajstić information content (AvgIpc) is 2.97. The Hall–Kier alpha value is -1.97. The number of carbonyl (C=O) groups excluding carboxylic acids is 3. The van der Waals surface area contributed by atoms with Crippen molar-refractivity contribution in [3.05, 3.63) is 11.3 Å². The summed E-state index contributed by atoms with van der Waals surface area (Å²) in [5, 5.41) is 10.0. The number of β-lactam (4-membered cyclic amide) rings is 1. The molecule has 0 aromatic heterocycles. The van der Waals surface area contributed by atoms with Crippen molar-refractivity contribution < 1.29 is 38.4 Å². The van der Waals surface area contributed by atoms with Crippen LogP contribution in [-0.4, -0.2) is 72.7 Å². The van der Waals surface area contributed by atoms with Crippen molar-refractivity contribution in [2.24, 2.45) is 11.8 Å². The van der Waals surface area contributed by atoms with Crippen molar-refractivity contribution in [3.8, 4) is 0 Å². The number of ether oxygens (including phenoxy) is 4. The summed E-state index contributed by atoms with van der Waals surface area (Å²) in [6, 6.07) is -0.270. The van der Waals surface area contributed by atoms with Crippen LogP contribution in [0, 0.1) is 11.8 Å². The predicted molar refractivity (Wildman–Crippen MR) is 99.1 cm³/mol. The largest absolute Gasteiger partial charge is 0.426 e. The fraction of sp³-hybridized carbons (Fsp3) is 0.750. The van der Waals surface area contributed by atoms with Gasteiger partial charge in [0.2, 0.25) is 12.7 Å². The van der Waals surface area contributed by atoms with Gasteiger partial charge in [0.05, 0.1) is 24.2 Å². The molecule has 5 unspecified atom stereocenters. The summed E-state index contributed by atoms with van der Waals surface area (Å²) in [7, 11) is 2.95. The van der Waals surface area contributed by atoms with E-state index in [1.165, 1.54) is 25.9 Å². The highest BCUT2D eigenvalue weighted by molar-refractivity contribution is 6.01. The Bertz CT molecular complexity index is 728. The van der Waals surface area contributed by atoms with Crippen LogP contribution >= 0.6 is 0 Å². The van der Waals surface area contributed by atoms with Crippen LogP contribution in [0.15, 0.2) is 11.3 Å². The number of hydrogen-bond acceptors (Lipinski definition) is 8. The SMILES string of the molecule is COC1CCCC2C1=C(C(=O)OCOC(=O)C(C)(C)OC)N1C(=O)C(C(C)O)C21. The predicted octanol–water partition coefficient (Wildman–Crippen LogP) is 0.746. The Morgan fingerprint density at radius 2 is 1.93 bits per heavy atom. The van der Waals surface area contributed by atoms with Crippen molar-refractivity contribution in [2.75, 3.05) is 21.0 Å². The summed E-state index contributed by atoms with van der Waals surface area (Å²) < 4.78 is 20.7. The lowest BCUT2D eigenvalue weighted by Crippen LogP contribution is -2.64. The van der Waals surface area contributed by atoms with Crippen molar-refractivity contribution in [1.82, 2.24) is 4.90 Å². The first-order chi connectivity index (χ1) is 13.7. The number of aliphatic hydroxyl groups is 1. The van der Waals surface area contributed by atoms with Gasteiger partial charge in [0.25, 0.3) is 0 Å². The fourth-order valence-electron chi connectivity index (χ4n) is 4.53. The third-order valence-corrected chi connectivity index (χ3v) is 6.22. The number of carbonyl (C=O) groups is 3. The highest BCUT2D eigenvalue weighted by Crippen LogP contribution is 2.52. The second kappa shape index (κ2) is 8.04. The lowest BCUT2D eigenvalue weighted by atomic mass is 9.72. The van der Waals surface area contributed by atoms with Crippen LogP contribution in [0.2, 0.25) is 0 Å². The van der Waals surface area contributed by atoms with E-state index >= 15 is 0 Å². The standard InChI is InChI=1S/C20H29NO8/c1-10(22)13-15-11-7-6-8-12(26-4)14(11)16(21(15)17(13)23)18(24)28-9-29-19(25)20(2,3)27-5/h10-13,15,22H,6-9H2,1-5H3. The fourth-order valence-corrected chi connectivity index (χ4v) is 4.53. The maximum absolute atomic E-state index is 12.9. The maximum atomic E-state index is 12.9. The summed E-state index contributed by atoms with van der Waals surface area (Å²) >= 11 is 0. The molecule has 2 aliphatic heterocycles. The van der Waals surface area contributed by atoms with E-state index in [4.69, 9.17) is 18.9 Å². The molecule has 1 amide bonds. The van der Waals surface area contributed by atoms with Crippen LogP contribution in [0.4, 0.5) is 0 Å². The maximum Gasteiger partial charge on any atom is 0.357 e. The first kappa shape index (κ1) is 21.7. The minimum absolute atomic E-state index is 0.0523. The molecule has 0 radical (unpaired) electrons. The number of methoxy groups -OCH3 is 2. The van der Waals surface area contributed by atoms with Crippen molar-refractivity contribution in [1.29, 1.82) is 0 Å². The van der Waals surface area contributed by atoms with Crippen molar-refractivity contribution in [3.63, 3.8) is 0 Å². The molecule has 0 aromatic carbocycles. The molecule has 9 nitrogen and oxygen atoms in total. The molecule has 29 heavy (non-hydrogen) atoms. The zero-order valence-corrected chi connectivity index (χ0v) is 17.5. The van der Waals surface area contributed by atoms with Gasteiger partial charge >= 0.3 is 11.9 Å². The topological polar surface area (TPSA) is 112 Å². The monoisotopic (exact) mass is 411 g/mol. The Balaban J connectivity index is 1.79. The molecule has 5 atom stereocenters. The van der Waals surface area contributed by atoms with Crippen LogP contribution in [-0.2, 0) is 33.3 Å². The second-order valence-corrected chi connectivity index (χ2v) is 8.23. The van der Waals surface area contributed by atoms with Crippen LogP contribution in [0.1, 0.15) is 40.0 Å². The number of amides is 1. The summed E-state index contributed by atoms with van der Waals surface area (Å²) in [5.74, 6) is -2.31. The van der Waals surface area contributed by atoms with Gasteiger partial charge in [-0.1, -0.05) is 0 Å². The molecular formula is C20H29NO8. The van der Waals surface area contributed by atoms with E-state index in [1.807, 2.05) is 0 Å². The molecule has 2 fully saturated rings.